The zero-order valence-corrected chi connectivity index (χ0v) is 21.2. The summed E-state index contributed by atoms with van der Waals surface area (Å²) in [5.41, 5.74) is 0.485. The number of thioether (sulfide) groups is 1. The maximum atomic E-state index is 13.5. The van der Waals surface area contributed by atoms with E-state index in [0.29, 0.717) is 24.4 Å². The number of alkyl carbamates (subject to hydrolysis) is 1. The number of ether oxygens (including phenoxy) is 2. The number of thiocarbonyl (C=S) groups is 1. The van der Waals surface area contributed by atoms with Gasteiger partial charge in [0.2, 0.25) is 0 Å². The van der Waals surface area contributed by atoms with E-state index in [9.17, 15) is 9.59 Å². The molecular weight excluding hydrogens is 444 g/mol. The second-order valence-corrected chi connectivity index (χ2v) is 10.3. The highest BCUT2D eigenvalue weighted by Crippen LogP contribution is 2.17. The van der Waals surface area contributed by atoms with Crippen molar-refractivity contribution in [1.82, 2.24) is 10.2 Å². The van der Waals surface area contributed by atoms with E-state index in [1.807, 2.05) is 41.5 Å². The zero-order valence-electron chi connectivity index (χ0n) is 19.6. The van der Waals surface area contributed by atoms with Crippen LogP contribution in [0.15, 0.2) is 30.3 Å². The highest BCUT2D eigenvalue weighted by Gasteiger charge is 2.32. The van der Waals surface area contributed by atoms with Gasteiger partial charge in [0.05, 0.1) is 6.04 Å². The average Bonchev–Trinajstić information content (AvgIpc) is 3.28. The number of hydrogen-bond acceptors (Lipinski definition) is 6. The number of nitrogens with one attached hydrogen (secondary N) is 1. The van der Waals surface area contributed by atoms with Crippen molar-refractivity contribution in [3.63, 3.8) is 0 Å². The molecule has 0 unspecified atom stereocenters. The summed E-state index contributed by atoms with van der Waals surface area (Å²) < 4.78 is 11.5. The highest BCUT2D eigenvalue weighted by atomic mass is 32.2. The first kappa shape index (κ1) is 26.5. The number of carbonyl (C=O) groups is 2. The Bertz CT molecular complexity index is 746. The van der Waals surface area contributed by atoms with Crippen LogP contribution in [-0.2, 0) is 20.7 Å². The lowest BCUT2D eigenvalue weighted by atomic mass is 9.99. The van der Waals surface area contributed by atoms with E-state index in [-0.39, 0.29) is 5.78 Å². The normalized spacial score (nSPS) is 15.7. The van der Waals surface area contributed by atoms with Crippen molar-refractivity contribution in [1.29, 1.82) is 0 Å². The number of amides is 1. The number of likely N-dealkylation sites (tertiary alicyclic amines) is 1. The molecule has 1 fully saturated rings. The van der Waals surface area contributed by atoms with Crippen LogP contribution >= 0.6 is 24.0 Å². The van der Waals surface area contributed by atoms with Crippen molar-refractivity contribution in [2.45, 2.75) is 70.6 Å². The number of ketones is 1. The Hall–Kier alpha value is -1.80. The van der Waals surface area contributed by atoms with Crippen molar-refractivity contribution in [3.05, 3.63) is 35.9 Å². The van der Waals surface area contributed by atoms with Gasteiger partial charge in [-0.3, -0.25) is 4.79 Å². The Labute approximate surface area is 201 Å². The molecule has 1 saturated heterocycles. The van der Waals surface area contributed by atoms with E-state index in [1.165, 1.54) is 0 Å². The van der Waals surface area contributed by atoms with Crippen molar-refractivity contribution in [2.24, 2.45) is 0 Å². The molecule has 1 aliphatic heterocycles. The Balaban J connectivity index is 2.13. The minimum atomic E-state index is -0.731. The number of aryl methyl sites for hydroxylation is 1. The van der Waals surface area contributed by atoms with Crippen LogP contribution in [-0.4, -0.2) is 64.8 Å². The first-order valence-corrected chi connectivity index (χ1v) is 13.0. The Morgan fingerprint density at radius 2 is 1.81 bits per heavy atom. The van der Waals surface area contributed by atoms with Gasteiger partial charge in [0.25, 0.3) is 5.17 Å². The Morgan fingerprint density at radius 1 is 1.16 bits per heavy atom. The van der Waals surface area contributed by atoms with Crippen LogP contribution in [0.1, 0.15) is 52.0 Å². The lowest BCUT2D eigenvalue weighted by molar-refractivity contribution is -0.129. The summed E-state index contributed by atoms with van der Waals surface area (Å²) in [5.74, 6) is 0.566. The van der Waals surface area contributed by atoms with Gasteiger partial charge in [-0.1, -0.05) is 30.3 Å². The summed E-state index contributed by atoms with van der Waals surface area (Å²) in [5, 5.41) is 3.14. The van der Waals surface area contributed by atoms with E-state index >= 15 is 0 Å². The SMILES string of the molecule is CSCC[C@H](NC(=O)OC(C)(C)C)C(=O)[C@@H](CCc1ccccc1)OC(=S)N1CCCC1. The fourth-order valence-electron chi connectivity index (χ4n) is 3.49. The van der Waals surface area contributed by atoms with Gasteiger partial charge in [-0.25, -0.2) is 4.79 Å². The lowest BCUT2D eigenvalue weighted by Crippen LogP contribution is -2.49. The number of nitrogens with zero attached hydrogens (tertiary/aromatic N) is 1. The molecule has 2 rings (SSSR count). The van der Waals surface area contributed by atoms with Crippen LogP contribution in [0.3, 0.4) is 0 Å². The quantitative estimate of drug-likeness (QED) is 0.491. The molecule has 1 aliphatic rings. The standard InChI is InChI=1S/C24H36N2O4S2/c1-24(2,3)30-22(28)25-19(14-17-32-4)21(27)20(13-12-18-10-6-5-7-11-18)29-23(31)26-15-8-9-16-26/h5-7,10-11,19-20H,8-9,12-17H2,1-4H3,(H,25,28)/t19-,20+/m0/s1. The minimum absolute atomic E-state index is 0.164. The topological polar surface area (TPSA) is 67.9 Å². The minimum Gasteiger partial charge on any atom is -0.459 e. The van der Waals surface area contributed by atoms with Gasteiger partial charge in [-0.05, 0) is 82.7 Å². The van der Waals surface area contributed by atoms with E-state index in [2.05, 4.69) is 5.32 Å². The van der Waals surface area contributed by atoms with E-state index in [1.54, 1.807) is 32.5 Å². The summed E-state index contributed by atoms with van der Waals surface area (Å²) >= 11 is 7.13. The van der Waals surface area contributed by atoms with Gasteiger partial charge in [0.1, 0.15) is 5.60 Å². The Kier molecular flexibility index (Phi) is 10.8. The van der Waals surface area contributed by atoms with Crippen LogP contribution in [0.2, 0.25) is 0 Å². The number of rotatable bonds is 10. The molecule has 8 heteroatoms. The predicted molar refractivity (Wildman–Crippen MR) is 134 cm³/mol. The molecule has 1 aromatic carbocycles. The molecular formula is C24H36N2O4S2. The second kappa shape index (κ2) is 13.0. The molecule has 0 aliphatic carbocycles. The summed E-state index contributed by atoms with van der Waals surface area (Å²) in [6.07, 6.45) is 4.46. The fourth-order valence-corrected chi connectivity index (χ4v) is 4.26. The van der Waals surface area contributed by atoms with Crippen molar-refractivity contribution in [2.75, 3.05) is 25.1 Å². The molecule has 0 saturated carbocycles. The summed E-state index contributed by atoms with van der Waals surface area (Å²) in [4.78, 5) is 28.0. The number of carbonyl (C=O) groups excluding carboxylic acids is 2. The molecule has 0 aromatic heterocycles. The zero-order chi connectivity index (χ0) is 23.6. The van der Waals surface area contributed by atoms with Gasteiger partial charge in [-0.15, -0.1) is 0 Å². The number of hydrogen-bond donors (Lipinski definition) is 1. The molecule has 0 spiro atoms. The monoisotopic (exact) mass is 480 g/mol. The third kappa shape index (κ3) is 9.36. The lowest BCUT2D eigenvalue weighted by Gasteiger charge is -2.28. The largest absolute Gasteiger partial charge is 0.459 e. The molecule has 32 heavy (non-hydrogen) atoms. The van der Waals surface area contributed by atoms with Gasteiger partial charge < -0.3 is 19.7 Å². The average molecular weight is 481 g/mol. The van der Waals surface area contributed by atoms with Crippen LogP contribution in [0.25, 0.3) is 0 Å². The fraction of sp³-hybridized carbons (Fsp3) is 0.625. The van der Waals surface area contributed by atoms with Crippen LogP contribution in [0, 0.1) is 0 Å². The molecule has 1 N–H and O–H groups in total. The van der Waals surface area contributed by atoms with E-state index in [4.69, 9.17) is 21.7 Å². The summed E-state index contributed by atoms with van der Waals surface area (Å²) in [7, 11) is 0. The second-order valence-electron chi connectivity index (χ2n) is 8.97. The van der Waals surface area contributed by atoms with Crippen molar-refractivity contribution in [3.8, 4) is 0 Å². The van der Waals surface area contributed by atoms with Crippen molar-refractivity contribution >= 4 is 41.0 Å². The van der Waals surface area contributed by atoms with E-state index in [0.717, 1.165) is 37.2 Å². The van der Waals surface area contributed by atoms with Gasteiger partial charge in [-0.2, -0.15) is 11.8 Å². The summed E-state index contributed by atoms with van der Waals surface area (Å²) in [6.45, 7) is 7.09. The van der Waals surface area contributed by atoms with E-state index < -0.39 is 23.8 Å². The van der Waals surface area contributed by atoms with Crippen LogP contribution in [0.4, 0.5) is 4.79 Å². The number of Topliss-reactive ketones (excluding diaryl/α,β-unsaturated/α-hetero) is 1. The maximum absolute atomic E-state index is 13.5. The molecule has 1 amide bonds. The molecule has 178 valence electrons. The molecule has 0 radical (unpaired) electrons. The molecule has 0 bridgehead atoms. The van der Waals surface area contributed by atoms with Gasteiger partial charge >= 0.3 is 6.09 Å². The Morgan fingerprint density at radius 3 is 2.41 bits per heavy atom. The van der Waals surface area contributed by atoms with Gasteiger partial charge in [0.15, 0.2) is 11.9 Å². The smallest absolute Gasteiger partial charge is 0.408 e. The first-order chi connectivity index (χ1) is 15.2. The first-order valence-electron chi connectivity index (χ1n) is 11.2. The maximum Gasteiger partial charge on any atom is 0.408 e. The van der Waals surface area contributed by atoms with Crippen LogP contribution < -0.4 is 5.32 Å². The highest BCUT2D eigenvalue weighted by molar-refractivity contribution is 7.98. The number of benzene rings is 1. The molecule has 2 atom stereocenters. The molecule has 1 aromatic rings. The van der Waals surface area contributed by atoms with Crippen LogP contribution in [0.5, 0.6) is 0 Å². The predicted octanol–water partition coefficient (Wildman–Crippen LogP) is 4.60. The molecule has 6 nitrogen and oxygen atoms in total. The molecule has 1 heterocycles. The third-order valence-corrected chi connectivity index (χ3v) is 6.11. The summed E-state index contributed by atoms with van der Waals surface area (Å²) in [6, 6.07) is 9.29. The van der Waals surface area contributed by atoms with Crippen molar-refractivity contribution < 1.29 is 19.1 Å². The van der Waals surface area contributed by atoms with Gasteiger partial charge in [0, 0.05) is 13.1 Å². The third-order valence-electron chi connectivity index (χ3n) is 5.11.